The molecule has 0 spiro atoms. The fourth-order valence-corrected chi connectivity index (χ4v) is 1.27. The van der Waals surface area contributed by atoms with Crippen molar-refractivity contribution in [1.29, 1.82) is 0 Å². The zero-order chi connectivity index (χ0) is 11.4. The molecule has 1 unspecified atom stereocenters. The predicted octanol–water partition coefficient (Wildman–Crippen LogP) is 1.33. The van der Waals surface area contributed by atoms with Crippen molar-refractivity contribution in [1.82, 2.24) is 9.78 Å². The minimum Gasteiger partial charge on any atom is -0.461 e. The van der Waals surface area contributed by atoms with E-state index in [0.717, 1.165) is 5.56 Å². The minimum atomic E-state index is -0.421. The van der Waals surface area contributed by atoms with E-state index in [1.54, 1.807) is 24.9 Å². The quantitative estimate of drug-likeness (QED) is 0.553. The van der Waals surface area contributed by atoms with Gasteiger partial charge in [0, 0.05) is 24.7 Å². The Morgan fingerprint density at radius 2 is 2.47 bits per heavy atom. The summed E-state index contributed by atoms with van der Waals surface area (Å²) in [6, 6.07) is 0. The Balaban J connectivity index is 3.07. The summed E-state index contributed by atoms with van der Waals surface area (Å²) in [6.07, 6.45) is 7.06. The number of aromatic nitrogens is 2. The van der Waals surface area contributed by atoms with Gasteiger partial charge in [-0.25, -0.2) is 4.79 Å². The molecule has 1 heterocycles. The van der Waals surface area contributed by atoms with Crippen molar-refractivity contribution >= 4 is 5.97 Å². The Hall–Kier alpha value is -1.76. The van der Waals surface area contributed by atoms with Crippen LogP contribution in [-0.4, -0.2) is 22.4 Å². The van der Waals surface area contributed by atoms with Crippen LogP contribution < -0.4 is 0 Å². The van der Waals surface area contributed by atoms with E-state index < -0.39 is 5.97 Å². The van der Waals surface area contributed by atoms with Crippen molar-refractivity contribution in [3.63, 3.8) is 0 Å². The van der Waals surface area contributed by atoms with E-state index in [0.29, 0.717) is 12.3 Å². The minimum absolute atomic E-state index is 0.141. The zero-order valence-electron chi connectivity index (χ0n) is 9.15. The van der Waals surface area contributed by atoms with Crippen LogP contribution in [0.4, 0.5) is 0 Å². The number of hydrogen-bond donors (Lipinski definition) is 0. The molecule has 0 aliphatic heterocycles. The molecule has 1 aromatic rings. The summed E-state index contributed by atoms with van der Waals surface area (Å²) >= 11 is 0. The number of carbonyl (C=O) groups is 1. The summed E-state index contributed by atoms with van der Waals surface area (Å²) < 4.78 is 6.46. The van der Waals surface area contributed by atoms with Gasteiger partial charge in [0.05, 0.1) is 6.61 Å². The second-order valence-electron chi connectivity index (χ2n) is 3.22. The van der Waals surface area contributed by atoms with E-state index in [1.807, 2.05) is 6.92 Å². The lowest BCUT2D eigenvalue weighted by Gasteiger charge is -2.03. The number of rotatable bonds is 3. The highest BCUT2D eigenvalue weighted by Crippen LogP contribution is 2.18. The monoisotopic (exact) mass is 206 g/mol. The van der Waals surface area contributed by atoms with E-state index in [4.69, 9.17) is 11.2 Å². The van der Waals surface area contributed by atoms with Crippen LogP contribution in [0.3, 0.4) is 0 Å². The third kappa shape index (κ3) is 2.38. The Bertz CT molecular complexity index is 401. The van der Waals surface area contributed by atoms with Crippen LogP contribution in [0.1, 0.15) is 35.8 Å². The van der Waals surface area contributed by atoms with Crippen molar-refractivity contribution < 1.29 is 9.53 Å². The van der Waals surface area contributed by atoms with Crippen LogP contribution in [0, 0.1) is 12.3 Å². The first-order chi connectivity index (χ1) is 7.10. The lowest BCUT2D eigenvalue weighted by Crippen LogP contribution is -2.09. The Morgan fingerprint density at radius 3 is 3.00 bits per heavy atom. The normalized spacial score (nSPS) is 11.9. The molecule has 0 aromatic carbocycles. The van der Waals surface area contributed by atoms with Gasteiger partial charge in [-0.3, -0.25) is 4.68 Å². The molecule has 0 saturated heterocycles. The highest BCUT2D eigenvalue weighted by molar-refractivity contribution is 5.89. The van der Waals surface area contributed by atoms with E-state index in [9.17, 15) is 4.79 Å². The Labute approximate surface area is 89.2 Å². The van der Waals surface area contributed by atoms with Crippen LogP contribution in [-0.2, 0) is 11.8 Å². The highest BCUT2D eigenvalue weighted by Gasteiger charge is 2.20. The van der Waals surface area contributed by atoms with Gasteiger partial charge in [0.2, 0.25) is 0 Å². The Kier molecular flexibility index (Phi) is 3.51. The molecule has 4 heteroatoms. The smallest absolute Gasteiger partial charge is 0.359 e. The second kappa shape index (κ2) is 4.65. The molecule has 1 aromatic heterocycles. The van der Waals surface area contributed by atoms with Crippen molar-refractivity contribution in [3.8, 4) is 12.3 Å². The van der Waals surface area contributed by atoms with Crippen molar-refractivity contribution in [3.05, 3.63) is 17.5 Å². The SMILES string of the molecule is C#CC(C)c1cn(C)nc1C(=O)OCC. The molecule has 0 saturated carbocycles. The van der Waals surface area contributed by atoms with Crippen LogP contribution in [0.15, 0.2) is 6.20 Å². The first-order valence-corrected chi connectivity index (χ1v) is 4.77. The summed E-state index contributed by atoms with van der Waals surface area (Å²) in [4.78, 5) is 11.5. The molecule has 0 radical (unpaired) electrons. The van der Waals surface area contributed by atoms with Crippen LogP contribution >= 0.6 is 0 Å². The van der Waals surface area contributed by atoms with Gasteiger partial charge in [-0.2, -0.15) is 5.10 Å². The number of esters is 1. The van der Waals surface area contributed by atoms with E-state index in [1.165, 1.54) is 0 Å². The third-order valence-corrected chi connectivity index (χ3v) is 2.04. The van der Waals surface area contributed by atoms with E-state index in [-0.39, 0.29) is 5.92 Å². The summed E-state index contributed by atoms with van der Waals surface area (Å²) in [6.45, 7) is 3.93. The molecular formula is C11H14N2O2. The summed E-state index contributed by atoms with van der Waals surface area (Å²) in [5.74, 6) is 2.01. The molecule has 15 heavy (non-hydrogen) atoms. The van der Waals surface area contributed by atoms with Crippen LogP contribution in [0.25, 0.3) is 0 Å². The Morgan fingerprint density at radius 1 is 1.80 bits per heavy atom. The fourth-order valence-electron chi connectivity index (χ4n) is 1.27. The molecule has 1 atom stereocenters. The summed E-state index contributed by atoms with van der Waals surface area (Å²) in [7, 11) is 1.75. The topological polar surface area (TPSA) is 44.1 Å². The first-order valence-electron chi connectivity index (χ1n) is 4.77. The molecule has 0 fully saturated rings. The molecule has 0 aliphatic carbocycles. The number of aryl methyl sites for hydroxylation is 1. The first kappa shape index (κ1) is 11.3. The van der Waals surface area contributed by atoms with Gasteiger partial charge < -0.3 is 4.74 Å². The molecule has 0 amide bonds. The van der Waals surface area contributed by atoms with Gasteiger partial charge in [0.25, 0.3) is 0 Å². The van der Waals surface area contributed by atoms with Gasteiger partial charge >= 0.3 is 5.97 Å². The summed E-state index contributed by atoms with van der Waals surface area (Å²) in [5.41, 5.74) is 1.04. The third-order valence-electron chi connectivity index (χ3n) is 2.04. The largest absolute Gasteiger partial charge is 0.461 e. The van der Waals surface area contributed by atoms with Gasteiger partial charge in [-0.05, 0) is 13.8 Å². The maximum atomic E-state index is 11.5. The number of terminal acetylenes is 1. The van der Waals surface area contributed by atoms with Crippen LogP contribution in [0.2, 0.25) is 0 Å². The van der Waals surface area contributed by atoms with Gasteiger partial charge in [0.1, 0.15) is 0 Å². The molecular weight excluding hydrogens is 192 g/mol. The molecule has 1 rings (SSSR count). The molecule has 0 aliphatic rings. The van der Waals surface area contributed by atoms with Crippen LogP contribution in [0.5, 0.6) is 0 Å². The fraction of sp³-hybridized carbons (Fsp3) is 0.455. The predicted molar refractivity (Wildman–Crippen MR) is 56.4 cm³/mol. The molecule has 80 valence electrons. The maximum absolute atomic E-state index is 11.5. The van der Waals surface area contributed by atoms with Crippen molar-refractivity contribution in [2.45, 2.75) is 19.8 Å². The number of nitrogens with zero attached hydrogens (tertiary/aromatic N) is 2. The number of ether oxygens (including phenoxy) is 1. The van der Waals surface area contributed by atoms with Gasteiger partial charge in [-0.15, -0.1) is 6.42 Å². The average Bonchev–Trinajstić information content (AvgIpc) is 2.59. The molecule has 4 nitrogen and oxygen atoms in total. The summed E-state index contributed by atoms with van der Waals surface area (Å²) in [5, 5.41) is 4.04. The molecule has 0 N–H and O–H groups in total. The average molecular weight is 206 g/mol. The van der Waals surface area contributed by atoms with Gasteiger partial charge in [-0.1, -0.05) is 5.92 Å². The lowest BCUT2D eigenvalue weighted by atomic mass is 10.0. The number of carbonyl (C=O) groups excluding carboxylic acids is 1. The molecule has 0 bridgehead atoms. The number of hydrogen-bond acceptors (Lipinski definition) is 3. The van der Waals surface area contributed by atoms with E-state index in [2.05, 4.69) is 11.0 Å². The lowest BCUT2D eigenvalue weighted by molar-refractivity contribution is 0.0517. The maximum Gasteiger partial charge on any atom is 0.359 e. The highest BCUT2D eigenvalue weighted by atomic mass is 16.5. The standard InChI is InChI=1S/C11H14N2O2/c1-5-8(3)9-7-13(4)12-10(9)11(14)15-6-2/h1,7-8H,6H2,2-4H3. The van der Waals surface area contributed by atoms with E-state index >= 15 is 0 Å². The van der Waals surface area contributed by atoms with Crippen molar-refractivity contribution in [2.75, 3.05) is 6.61 Å². The van der Waals surface area contributed by atoms with Crippen molar-refractivity contribution in [2.24, 2.45) is 7.05 Å². The van der Waals surface area contributed by atoms with Gasteiger partial charge in [0.15, 0.2) is 5.69 Å². The second-order valence-corrected chi connectivity index (χ2v) is 3.22. The zero-order valence-corrected chi connectivity index (χ0v) is 9.15.